The van der Waals surface area contributed by atoms with Gasteiger partial charge in [0.25, 0.3) is 0 Å². The molecule has 1 aliphatic rings. The molecule has 0 aliphatic carbocycles. The number of aromatic nitrogens is 2. The number of hydrogen-bond donors (Lipinski definition) is 1. The van der Waals surface area contributed by atoms with E-state index in [0.717, 1.165) is 5.96 Å². The maximum Gasteiger partial charge on any atom is 0.409 e. The van der Waals surface area contributed by atoms with Crippen LogP contribution in [0.15, 0.2) is 9.52 Å². The average Bonchev–Trinajstić information content (AvgIpc) is 2.94. The Morgan fingerprint density at radius 2 is 2.05 bits per heavy atom. The van der Waals surface area contributed by atoms with Crippen LogP contribution in [-0.4, -0.2) is 71.8 Å². The van der Waals surface area contributed by atoms with Crippen molar-refractivity contribution in [2.75, 3.05) is 39.8 Å². The molecule has 1 amide bonds. The first-order valence-corrected chi connectivity index (χ1v) is 7.30. The summed E-state index contributed by atoms with van der Waals surface area (Å²) in [5.74, 6) is 1.88. The lowest BCUT2D eigenvalue weighted by atomic mass is 10.3. The van der Waals surface area contributed by atoms with Gasteiger partial charge in [-0.15, -0.1) is 0 Å². The van der Waals surface area contributed by atoms with Crippen molar-refractivity contribution in [1.82, 2.24) is 25.3 Å². The molecule has 122 valence electrons. The molecule has 22 heavy (non-hydrogen) atoms. The van der Waals surface area contributed by atoms with E-state index in [1.165, 1.54) is 0 Å². The van der Waals surface area contributed by atoms with Crippen molar-refractivity contribution in [2.24, 2.45) is 4.99 Å². The number of nitrogens with one attached hydrogen (secondary N) is 1. The lowest BCUT2D eigenvalue weighted by Crippen LogP contribution is -2.53. The summed E-state index contributed by atoms with van der Waals surface area (Å²) in [5.41, 5.74) is 0. The molecular formula is C13H22N6O3. The van der Waals surface area contributed by atoms with E-state index in [1.807, 2.05) is 0 Å². The van der Waals surface area contributed by atoms with Gasteiger partial charge in [-0.3, -0.25) is 4.99 Å². The van der Waals surface area contributed by atoms with Crippen molar-refractivity contribution in [3.8, 4) is 0 Å². The summed E-state index contributed by atoms with van der Waals surface area (Å²) in [4.78, 5) is 23.8. The maximum absolute atomic E-state index is 11.7. The van der Waals surface area contributed by atoms with Gasteiger partial charge in [0.2, 0.25) is 5.89 Å². The Hall–Kier alpha value is -2.32. The van der Waals surface area contributed by atoms with Crippen LogP contribution in [0.3, 0.4) is 0 Å². The molecule has 1 aromatic rings. The molecule has 0 saturated carbocycles. The molecule has 1 saturated heterocycles. The predicted molar refractivity (Wildman–Crippen MR) is 79.4 cm³/mol. The second-order valence-corrected chi connectivity index (χ2v) is 4.80. The van der Waals surface area contributed by atoms with Crippen LogP contribution in [0, 0.1) is 6.92 Å². The Labute approximate surface area is 129 Å². The van der Waals surface area contributed by atoms with E-state index >= 15 is 0 Å². The van der Waals surface area contributed by atoms with Crippen molar-refractivity contribution in [3.05, 3.63) is 11.7 Å². The highest BCUT2D eigenvalue weighted by atomic mass is 16.6. The zero-order valence-corrected chi connectivity index (χ0v) is 13.2. The number of amides is 1. The molecule has 1 aromatic heterocycles. The molecular weight excluding hydrogens is 288 g/mol. The normalized spacial score (nSPS) is 15.9. The van der Waals surface area contributed by atoms with Gasteiger partial charge >= 0.3 is 6.09 Å². The molecule has 2 heterocycles. The third-order valence-corrected chi connectivity index (χ3v) is 3.29. The Morgan fingerprint density at radius 3 is 2.59 bits per heavy atom. The van der Waals surface area contributed by atoms with Gasteiger partial charge in [-0.05, 0) is 6.92 Å². The maximum atomic E-state index is 11.7. The fourth-order valence-electron chi connectivity index (χ4n) is 2.22. The minimum absolute atomic E-state index is 0.257. The predicted octanol–water partition coefficient (Wildman–Crippen LogP) is 0.228. The standard InChI is InChI=1S/C13H22N6O3/c1-4-21-13(20)19-7-5-18(6-8-19)12(14-3)15-9-11-16-10(2)22-17-11/h4-9H2,1-3H3,(H,14,15). The van der Waals surface area contributed by atoms with Crippen LogP contribution < -0.4 is 5.32 Å². The van der Waals surface area contributed by atoms with E-state index < -0.39 is 0 Å². The SMILES string of the molecule is CCOC(=O)N1CCN(C(=NC)NCc2noc(C)n2)CC1. The van der Waals surface area contributed by atoms with Crippen molar-refractivity contribution in [3.63, 3.8) is 0 Å². The number of nitrogens with zero attached hydrogens (tertiary/aromatic N) is 5. The number of hydrogen-bond acceptors (Lipinski definition) is 6. The van der Waals surface area contributed by atoms with E-state index in [1.54, 1.807) is 25.8 Å². The number of carbonyl (C=O) groups excluding carboxylic acids is 1. The fraction of sp³-hybridized carbons (Fsp3) is 0.692. The van der Waals surface area contributed by atoms with Crippen LogP contribution in [0.25, 0.3) is 0 Å². The van der Waals surface area contributed by atoms with Gasteiger partial charge < -0.3 is 24.4 Å². The Balaban J connectivity index is 1.82. The molecule has 0 radical (unpaired) electrons. The summed E-state index contributed by atoms with van der Waals surface area (Å²) in [6, 6.07) is 0. The van der Waals surface area contributed by atoms with Gasteiger partial charge in [-0.1, -0.05) is 5.16 Å². The highest BCUT2D eigenvalue weighted by Crippen LogP contribution is 2.05. The Morgan fingerprint density at radius 1 is 1.36 bits per heavy atom. The third kappa shape index (κ3) is 4.09. The number of piperazine rings is 1. The van der Waals surface area contributed by atoms with Crippen molar-refractivity contribution < 1.29 is 14.1 Å². The summed E-state index contributed by atoms with van der Waals surface area (Å²) in [7, 11) is 1.72. The molecule has 0 unspecified atom stereocenters. The smallest absolute Gasteiger partial charge is 0.409 e. The lowest BCUT2D eigenvalue weighted by Gasteiger charge is -2.35. The summed E-state index contributed by atoms with van der Waals surface area (Å²) >= 11 is 0. The molecule has 9 heteroatoms. The summed E-state index contributed by atoms with van der Waals surface area (Å²) in [6.45, 7) is 7.02. The summed E-state index contributed by atoms with van der Waals surface area (Å²) in [6.07, 6.45) is -0.257. The first-order valence-electron chi connectivity index (χ1n) is 7.30. The number of aryl methyl sites for hydroxylation is 1. The molecule has 0 atom stereocenters. The van der Waals surface area contributed by atoms with E-state index in [0.29, 0.717) is 51.0 Å². The van der Waals surface area contributed by atoms with Crippen LogP contribution in [0.4, 0.5) is 4.79 Å². The van der Waals surface area contributed by atoms with Crippen LogP contribution in [0.2, 0.25) is 0 Å². The molecule has 1 fully saturated rings. The minimum Gasteiger partial charge on any atom is -0.450 e. The number of ether oxygens (including phenoxy) is 1. The molecule has 9 nitrogen and oxygen atoms in total. The molecule has 2 rings (SSSR count). The highest BCUT2D eigenvalue weighted by Gasteiger charge is 2.23. The number of guanidine groups is 1. The molecule has 0 bridgehead atoms. The van der Waals surface area contributed by atoms with Crippen LogP contribution >= 0.6 is 0 Å². The van der Waals surface area contributed by atoms with E-state index in [-0.39, 0.29) is 6.09 Å². The molecule has 1 aliphatic heterocycles. The Kier molecular flexibility index (Phi) is 5.56. The topological polar surface area (TPSA) is 96.1 Å². The number of carbonyl (C=O) groups is 1. The summed E-state index contributed by atoms with van der Waals surface area (Å²) < 4.78 is 9.93. The molecule has 0 spiro atoms. The largest absolute Gasteiger partial charge is 0.450 e. The Bertz CT molecular complexity index is 522. The van der Waals surface area contributed by atoms with Gasteiger partial charge in [0.05, 0.1) is 13.2 Å². The average molecular weight is 310 g/mol. The number of rotatable bonds is 3. The van der Waals surface area contributed by atoms with Gasteiger partial charge in [-0.2, -0.15) is 4.98 Å². The molecule has 0 aromatic carbocycles. The highest BCUT2D eigenvalue weighted by molar-refractivity contribution is 5.80. The quantitative estimate of drug-likeness (QED) is 0.630. The zero-order valence-electron chi connectivity index (χ0n) is 13.2. The second-order valence-electron chi connectivity index (χ2n) is 4.80. The third-order valence-electron chi connectivity index (χ3n) is 3.29. The van der Waals surface area contributed by atoms with E-state index in [9.17, 15) is 4.79 Å². The zero-order chi connectivity index (χ0) is 15.9. The van der Waals surface area contributed by atoms with E-state index in [4.69, 9.17) is 9.26 Å². The van der Waals surface area contributed by atoms with Crippen LogP contribution in [0.5, 0.6) is 0 Å². The van der Waals surface area contributed by atoms with E-state index in [2.05, 4.69) is 25.3 Å². The van der Waals surface area contributed by atoms with Gasteiger partial charge in [-0.25, -0.2) is 4.79 Å². The second kappa shape index (κ2) is 7.62. The van der Waals surface area contributed by atoms with Crippen LogP contribution in [0.1, 0.15) is 18.6 Å². The van der Waals surface area contributed by atoms with Crippen LogP contribution in [-0.2, 0) is 11.3 Å². The van der Waals surface area contributed by atoms with Crippen molar-refractivity contribution in [2.45, 2.75) is 20.4 Å². The number of aliphatic imine (C=N–C) groups is 1. The van der Waals surface area contributed by atoms with Crippen molar-refractivity contribution >= 4 is 12.1 Å². The molecule has 1 N–H and O–H groups in total. The van der Waals surface area contributed by atoms with Gasteiger partial charge in [0.1, 0.15) is 0 Å². The lowest BCUT2D eigenvalue weighted by molar-refractivity contribution is 0.0914. The van der Waals surface area contributed by atoms with Gasteiger partial charge in [0.15, 0.2) is 11.8 Å². The van der Waals surface area contributed by atoms with Gasteiger partial charge in [0, 0.05) is 40.2 Å². The van der Waals surface area contributed by atoms with Crippen molar-refractivity contribution in [1.29, 1.82) is 0 Å². The first kappa shape index (κ1) is 16.1. The monoisotopic (exact) mass is 310 g/mol. The summed E-state index contributed by atoms with van der Waals surface area (Å²) in [5, 5.41) is 7.03. The fourth-order valence-corrected chi connectivity index (χ4v) is 2.22. The first-order chi connectivity index (χ1) is 10.6. The minimum atomic E-state index is -0.257.